The van der Waals surface area contributed by atoms with Crippen molar-refractivity contribution >= 4 is 11.9 Å². The average molecular weight is 279 g/mol. The van der Waals surface area contributed by atoms with Crippen LogP contribution in [0.3, 0.4) is 0 Å². The Morgan fingerprint density at radius 2 is 1.75 bits per heavy atom. The first kappa shape index (κ1) is 15.1. The molecule has 0 bridgehead atoms. The Morgan fingerprint density at radius 3 is 2.30 bits per heavy atom. The van der Waals surface area contributed by atoms with Crippen molar-refractivity contribution in [2.75, 3.05) is 13.1 Å². The highest BCUT2D eigenvalue weighted by molar-refractivity contribution is 5.85. The van der Waals surface area contributed by atoms with Crippen molar-refractivity contribution in [3.8, 4) is 0 Å². The van der Waals surface area contributed by atoms with E-state index in [0.717, 1.165) is 31.8 Å². The lowest BCUT2D eigenvalue weighted by atomic mass is 9.81. The first-order valence-corrected chi connectivity index (χ1v) is 7.80. The zero-order chi connectivity index (χ0) is 14.5. The van der Waals surface area contributed by atoms with Crippen molar-refractivity contribution in [1.29, 1.82) is 0 Å². The van der Waals surface area contributed by atoms with E-state index in [-0.39, 0.29) is 11.8 Å². The van der Waals surface area contributed by atoms with E-state index in [4.69, 9.17) is 0 Å². The van der Waals surface area contributed by atoms with Gasteiger partial charge in [-0.2, -0.15) is 0 Å². The van der Waals surface area contributed by atoms with Crippen LogP contribution in [0.25, 0.3) is 0 Å². The van der Waals surface area contributed by atoms with Gasteiger partial charge < -0.3 is 10.0 Å². The quantitative estimate of drug-likeness (QED) is 0.805. The number of amides is 1. The number of carboxylic acids is 1. The molecule has 0 aromatic rings. The molecule has 1 saturated heterocycles. The van der Waals surface area contributed by atoms with Crippen LogP contribution in [-0.2, 0) is 9.59 Å². The molecular formula is C16H25NO3. The molecule has 4 heteroatoms. The Balaban J connectivity index is 1.94. The molecule has 1 fully saturated rings. The van der Waals surface area contributed by atoms with Crippen LogP contribution < -0.4 is 0 Å². The summed E-state index contributed by atoms with van der Waals surface area (Å²) in [6.07, 6.45) is 9.48. The van der Waals surface area contributed by atoms with Crippen LogP contribution in [0.2, 0.25) is 0 Å². The average Bonchev–Trinajstić information content (AvgIpc) is 2.47. The van der Waals surface area contributed by atoms with Crippen LogP contribution in [-0.4, -0.2) is 35.0 Å². The summed E-state index contributed by atoms with van der Waals surface area (Å²) >= 11 is 0. The van der Waals surface area contributed by atoms with Crippen molar-refractivity contribution < 1.29 is 14.7 Å². The van der Waals surface area contributed by atoms with Crippen LogP contribution in [0.1, 0.15) is 45.4 Å². The Bertz CT molecular complexity index is 383. The minimum absolute atomic E-state index is 0.0525. The molecule has 2 atom stereocenters. The van der Waals surface area contributed by atoms with Crippen LogP contribution in [0.5, 0.6) is 0 Å². The zero-order valence-corrected chi connectivity index (χ0v) is 12.3. The van der Waals surface area contributed by atoms with E-state index < -0.39 is 11.9 Å². The predicted octanol–water partition coefficient (Wildman–Crippen LogP) is 2.69. The van der Waals surface area contributed by atoms with Gasteiger partial charge in [-0.05, 0) is 31.6 Å². The smallest absolute Gasteiger partial charge is 0.307 e. The Morgan fingerprint density at radius 1 is 1.15 bits per heavy atom. The van der Waals surface area contributed by atoms with E-state index in [9.17, 15) is 14.7 Å². The SMILES string of the molecule is CCCC1CCN(C(=O)C2CC=CCC2C(=O)O)CC1. The molecule has 2 unspecified atom stereocenters. The normalized spacial score (nSPS) is 27.6. The van der Waals surface area contributed by atoms with Gasteiger partial charge in [0, 0.05) is 13.1 Å². The maximum Gasteiger partial charge on any atom is 0.307 e. The first-order chi connectivity index (χ1) is 9.63. The summed E-state index contributed by atoms with van der Waals surface area (Å²) in [5.41, 5.74) is 0. The third-order valence-electron chi connectivity index (χ3n) is 4.69. The van der Waals surface area contributed by atoms with Crippen molar-refractivity contribution in [3.05, 3.63) is 12.2 Å². The van der Waals surface area contributed by atoms with Crippen LogP contribution >= 0.6 is 0 Å². The fraction of sp³-hybridized carbons (Fsp3) is 0.750. The fourth-order valence-electron chi connectivity index (χ4n) is 3.44. The molecule has 0 spiro atoms. The molecular weight excluding hydrogens is 254 g/mol. The third-order valence-corrected chi connectivity index (χ3v) is 4.69. The lowest BCUT2D eigenvalue weighted by molar-refractivity contribution is -0.151. The van der Waals surface area contributed by atoms with Gasteiger partial charge in [0.1, 0.15) is 0 Å². The second-order valence-corrected chi connectivity index (χ2v) is 6.05. The number of nitrogens with zero attached hydrogens (tertiary/aromatic N) is 1. The van der Waals surface area contributed by atoms with Crippen molar-refractivity contribution in [1.82, 2.24) is 4.90 Å². The number of rotatable bonds is 4. The summed E-state index contributed by atoms with van der Waals surface area (Å²) in [6.45, 7) is 3.80. The summed E-state index contributed by atoms with van der Waals surface area (Å²) < 4.78 is 0. The van der Waals surface area contributed by atoms with Gasteiger partial charge in [-0.15, -0.1) is 0 Å². The Labute approximate surface area is 120 Å². The second-order valence-electron chi connectivity index (χ2n) is 6.05. The van der Waals surface area contributed by atoms with Crippen molar-refractivity contribution in [2.45, 2.75) is 45.4 Å². The van der Waals surface area contributed by atoms with E-state index in [1.165, 1.54) is 12.8 Å². The molecule has 1 amide bonds. The third kappa shape index (κ3) is 3.41. The summed E-state index contributed by atoms with van der Waals surface area (Å²) in [6, 6.07) is 0. The largest absolute Gasteiger partial charge is 0.481 e. The molecule has 1 aliphatic carbocycles. The highest BCUT2D eigenvalue weighted by atomic mass is 16.4. The molecule has 0 saturated carbocycles. The molecule has 2 rings (SSSR count). The molecule has 1 N–H and O–H groups in total. The van der Waals surface area contributed by atoms with Crippen LogP contribution in [0, 0.1) is 17.8 Å². The van der Waals surface area contributed by atoms with Crippen LogP contribution in [0.15, 0.2) is 12.2 Å². The standard InChI is InChI=1S/C16H25NO3/c1-2-5-12-8-10-17(11-9-12)15(18)13-6-3-4-7-14(13)16(19)20/h3-4,12-14H,2,5-11H2,1H3,(H,19,20). The van der Waals surface area contributed by atoms with Gasteiger partial charge in [-0.3, -0.25) is 9.59 Å². The number of aliphatic carboxylic acids is 1. The first-order valence-electron chi connectivity index (χ1n) is 7.80. The fourth-order valence-corrected chi connectivity index (χ4v) is 3.44. The molecule has 4 nitrogen and oxygen atoms in total. The molecule has 112 valence electrons. The topological polar surface area (TPSA) is 57.6 Å². The maximum atomic E-state index is 12.6. The van der Waals surface area contributed by atoms with Gasteiger partial charge in [-0.1, -0.05) is 31.9 Å². The number of hydrogen-bond acceptors (Lipinski definition) is 2. The maximum absolute atomic E-state index is 12.6. The lowest BCUT2D eigenvalue weighted by Crippen LogP contribution is -2.45. The Kier molecular flexibility index (Phi) is 5.21. The monoisotopic (exact) mass is 279 g/mol. The summed E-state index contributed by atoms with van der Waals surface area (Å²) in [4.78, 5) is 25.7. The number of piperidine rings is 1. The number of carbonyl (C=O) groups excluding carboxylic acids is 1. The van der Waals surface area contributed by atoms with Gasteiger partial charge in [-0.25, -0.2) is 0 Å². The van der Waals surface area contributed by atoms with Crippen molar-refractivity contribution in [2.24, 2.45) is 17.8 Å². The molecule has 1 aliphatic heterocycles. The number of allylic oxidation sites excluding steroid dienone is 2. The van der Waals surface area contributed by atoms with E-state index in [2.05, 4.69) is 6.92 Å². The zero-order valence-electron chi connectivity index (χ0n) is 12.3. The summed E-state index contributed by atoms with van der Waals surface area (Å²) in [7, 11) is 0. The van der Waals surface area contributed by atoms with Gasteiger partial charge in [0.15, 0.2) is 0 Å². The van der Waals surface area contributed by atoms with Crippen LogP contribution in [0.4, 0.5) is 0 Å². The lowest BCUT2D eigenvalue weighted by Gasteiger charge is -2.36. The van der Waals surface area contributed by atoms with E-state index in [0.29, 0.717) is 12.8 Å². The highest BCUT2D eigenvalue weighted by Crippen LogP contribution is 2.30. The summed E-state index contributed by atoms with van der Waals surface area (Å²) in [5.74, 6) is -0.947. The van der Waals surface area contributed by atoms with Gasteiger partial charge in [0.2, 0.25) is 5.91 Å². The predicted molar refractivity (Wildman–Crippen MR) is 77.2 cm³/mol. The van der Waals surface area contributed by atoms with E-state index in [1.807, 2.05) is 17.1 Å². The van der Waals surface area contributed by atoms with E-state index in [1.54, 1.807) is 0 Å². The van der Waals surface area contributed by atoms with Gasteiger partial charge >= 0.3 is 5.97 Å². The molecule has 20 heavy (non-hydrogen) atoms. The number of hydrogen-bond donors (Lipinski definition) is 1. The number of carbonyl (C=O) groups is 2. The minimum Gasteiger partial charge on any atom is -0.481 e. The van der Waals surface area contributed by atoms with Crippen molar-refractivity contribution in [3.63, 3.8) is 0 Å². The molecule has 1 heterocycles. The number of carboxylic acid groups (broad SMARTS) is 1. The molecule has 0 radical (unpaired) electrons. The molecule has 2 aliphatic rings. The second kappa shape index (κ2) is 6.91. The number of likely N-dealkylation sites (tertiary alicyclic amines) is 1. The molecule has 0 aromatic heterocycles. The Hall–Kier alpha value is -1.32. The van der Waals surface area contributed by atoms with Gasteiger partial charge in [0.25, 0.3) is 0 Å². The highest BCUT2D eigenvalue weighted by Gasteiger charge is 2.37. The molecule has 0 aromatic carbocycles. The van der Waals surface area contributed by atoms with Gasteiger partial charge in [0.05, 0.1) is 11.8 Å². The van der Waals surface area contributed by atoms with E-state index >= 15 is 0 Å². The minimum atomic E-state index is -0.839. The summed E-state index contributed by atoms with van der Waals surface area (Å²) in [5, 5.41) is 9.26.